The molecule has 5 nitrogen and oxygen atoms in total. The highest BCUT2D eigenvalue weighted by Gasteiger charge is 2.14. The standard InChI is InChI=1S/C12H19NO4S/c1-9-7-10(2)12(14)11(8-9)13-18(15,16)6-4-5-17-3/h7-8,13-14H,4-6H2,1-3H3. The Morgan fingerprint density at radius 1 is 1.33 bits per heavy atom. The van der Waals surface area contributed by atoms with Gasteiger partial charge in [-0.1, -0.05) is 6.07 Å². The van der Waals surface area contributed by atoms with Gasteiger partial charge in [-0.3, -0.25) is 4.72 Å². The largest absolute Gasteiger partial charge is 0.505 e. The third-order valence-electron chi connectivity index (χ3n) is 2.47. The van der Waals surface area contributed by atoms with E-state index in [9.17, 15) is 13.5 Å². The van der Waals surface area contributed by atoms with Crippen molar-refractivity contribution in [2.75, 3.05) is 24.2 Å². The van der Waals surface area contributed by atoms with Crippen LogP contribution in [0.2, 0.25) is 0 Å². The third kappa shape index (κ3) is 4.19. The summed E-state index contributed by atoms with van der Waals surface area (Å²) >= 11 is 0. The Bertz CT molecular complexity index is 511. The van der Waals surface area contributed by atoms with Crippen molar-refractivity contribution in [3.8, 4) is 5.75 Å². The number of ether oxygens (including phenoxy) is 1. The lowest BCUT2D eigenvalue weighted by atomic mass is 10.1. The van der Waals surface area contributed by atoms with Gasteiger partial charge < -0.3 is 9.84 Å². The van der Waals surface area contributed by atoms with Crippen LogP contribution in [0.25, 0.3) is 0 Å². The van der Waals surface area contributed by atoms with Crippen LogP contribution < -0.4 is 4.72 Å². The Labute approximate surface area is 108 Å². The molecule has 2 N–H and O–H groups in total. The lowest BCUT2D eigenvalue weighted by Gasteiger charge is -2.12. The molecule has 18 heavy (non-hydrogen) atoms. The molecule has 0 aliphatic rings. The van der Waals surface area contributed by atoms with Crippen molar-refractivity contribution < 1.29 is 18.3 Å². The van der Waals surface area contributed by atoms with Crippen molar-refractivity contribution in [3.63, 3.8) is 0 Å². The maximum atomic E-state index is 11.8. The minimum absolute atomic E-state index is 0.0316. The molecule has 1 aromatic rings. The first-order valence-corrected chi connectivity index (χ1v) is 7.30. The van der Waals surface area contributed by atoms with Crippen molar-refractivity contribution in [2.45, 2.75) is 20.3 Å². The average molecular weight is 273 g/mol. The zero-order valence-corrected chi connectivity index (χ0v) is 11.7. The lowest BCUT2D eigenvalue weighted by Crippen LogP contribution is -2.18. The van der Waals surface area contributed by atoms with Crippen molar-refractivity contribution >= 4 is 15.7 Å². The van der Waals surface area contributed by atoms with Crippen LogP contribution in [0.3, 0.4) is 0 Å². The predicted octanol–water partition coefficient (Wildman–Crippen LogP) is 1.79. The monoisotopic (exact) mass is 273 g/mol. The van der Waals surface area contributed by atoms with Gasteiger partial charge in [0.15, 0.2) is 0 Å². The van der Waals surface area contributed by atoms with Crippen LogP contribution in [0.1, 0.15) is 17.5 Å². The zero-order chi connectivity index (χ0) is 13.8. The second-order valence-electron chi connectivity index (χ2n) is 4.25. The highest BCUT2D eigenvalue weighted by atomic mass is 32.2. The molecule has 6 heteroatoms. The van der Waals surface area contributed by atoms with Gasteiger partial charge in [-0.25, -0.2) is 8.42 Å². The van der Waals surface area contributed by atoms with E-state index >= 15 is 0 Å². The Balaban J connectivity index is 2.84. The molecule has 0 bridgehead atoms. The second-order valence-corrected chi connectivity index (χ2v) is 6.09. The second kappa shape index (κ2) is 6.06. The summed E-state index contributed by atoms with van der Waals surface area (Å²) in [5.74, 6) is -0.0660. The first-order valence-electron chi connectivity index (χ1n) is 5.65. The minimum atomic E-state index is -3.45. The smallest absolute Gasteiger partial charge is 0.232 e. The maximum Gasteiger partial charge on any atom is 0.232 e. The molecule has 0 radical (unpaired) electrons. The molecule has 0 heterocycles. The minimum Gasteiger partial charge on any atom is -0.505 e. The highest BCUT2D eigenvalue weighted by molar-refractivity contribution is 7.92. The number of anilines is 1. The van der Waals surface area contributed by atoms with Crippen LogP contribution in [0.5, 0.6) is 5.75 Å². The fraction of sp³-hybridized carbons (Fsp3) is 0.500. The van der Waals surface area contributed by atoms with Gasteiger partial charge in [0.2, 0.25) is 10.0 Å². The topological polar surface area (TPSA) is 75.6 Å². The van der Waals surface area contributed by atoms with E-state index in [0.717, 1.165) is 5.56 Å². The highest BCUT2D eigenvalue weighted by Crippen LogP contribution is 2.29. The number of hydrogen-bond acceptors (Lipinski definition) is 4. The molecule has 1 rings (SSSR count). The van der Waals surface area contributed by atoms with E-state index in [-0.39, 0.29) is 17.2 Å². The summed E-state index contributed by atoms with van der Waals surface area (Å²) in [6.07, 6.45) is 0.414. The molecule has 0 saturated heterocycles. The van der Waals surface area contributed by atoms with E-state index in [1.807, 2.05) is 6.92 Å². The number of methoxy groups -OCH3 is 1. The van der Waals surface area contributed by atoms with Crippen molar-refractivity contribution in [1.82, 2.24) is 0 Å². The lowest BCUT2D eigenvalue weighted by molar-refractivity contribution is 0.199. The molecule has 0 atom stereocenters. The normalized spacial score (nSPS) is 11.5. The number of phenolic OH excluding ortho intramolecular Hbond substituents is 1. The van der Waals surface area contributed by atoms with Crippen LogP contribution in [0.4, 0.5) is 5.69 Å². The van der Waals surface area contributed by atoms with Gasteiger partial charge in [-0.05, 0) is 37.5 Å². The summed E-state index contributed by atoms with van der Waals surface area (Å²) in [7, 11) is -1.93. The number of phenols is 1. The van der Waals surface area contributed by atoms with Crippen LogP contribution in [0.15, 0.2) is 12.1 Å². The van der Waals surface area contributed by atoms with Crippen LogP contribution in [0, 0.1) is 13.8 Å². The Morgan fingerprint density at radius 3 is 2.61 bits per heavy atom. The molecular formula is C12H19NO4S. The van der Waals surface area contributed by atoms with Crippen LogP contribution in [-0.2, 0) is 14.8 Å². The van der Waals surface area contributed by atoms with Crippen LogP contribution in [-0.4, -0.2) is 33.0 Å². The number of nitrogens with one attached hydrogen (secondary N) is 1. The van der Waals surface area contributed by atoms with Gasteiger partial charge in [0, 0.05) is 13.7 Å². The molecular weight excluding hydrogens is 254 g/mol. The van der Waals surface area contributed by atoms with Gasteiger partial charge in [-0.2, -0.15) is 0 Å². The molecule has 0 amide bonds. The number of hydrogen-bond donors (Lipinski definition) is 2. The van der Waals surface area contributed by atoms with Gasteiger partial charge in [-0.15, -0.1) is 0 Å². The molecule has 1 aromatic carbocycles. The molecule has 0 unspecified atom stereocenters. The van der Waals surface area contributed by atoms with E-state index in [0.29, 0.717) is 18.6 Å². The number of rotatable bonds is 6. The van der Waals surface area contributed by atoms with E-state index in [2.05, 4.69) is 4.72 Å². The van der Waals surface area contributed by atoms with E-state index < -0.39 is 10.0 Å². The van der Waals surface area contributed by atoms with E-state index in [1.54, 1.807) is 19.1 Å². The summed E-state index contributed by atoms with van der Waals surface area (Å²) in [4.78, 5) is 0. The zero-order valence-electron chi connectivity index (χ0n) is 10.9. The fourth-order valence-corrected chi connectivity index (χ4v) is 2.74. The van der Waals surface area contributed by atoms with Gasteiger partial charge in [0.05, 0.1) is 11.4 Å². The predicted molar refractivity (Wildman–Crippen MR) is 71.5 cm³/mol. The molecule has 0 spiro atoms. The van der Waals surface area contributed by atoms with Crippen molar-refractivity contribution in [2.24, 2.45) is 0 Å². The first kappa shape index (κ1) is 14.8. The van der Waals surface area contributed by atoms with Gasteiger partial charge >= 0.3 is 0 Å². The van der Waals surface area contributed by atoms with Crippen molar-refractivity contribution in [1.29, 1.82) is 0 Å². The quantitative estimate of drug-likeness (QED) is 0.612. The Kier molecular flexibility index (Phi) is 4.98. The summed E-state index contributed by atoms with van der Waals surface area (Å²) < 4.78 is 30.7. The molecule has 0 fully saturated rings. The van der Waals surface area contributed by atoms with Gasteiger partial charge in [0.25, 0.3) is 0 Å². The summed E-state index contributed by atoms with van der Waals surface area (Å²) in [6, 6.07) is 3.40. The molecule has 0 aliphatic carbocycles. The molecule has 0 saturated carbocycles. The van der Waals surface area contributed by atoms with E-state index in [4.69, 9.17) is 4.74 Å². The third-order valence-corrected chi connectivity index (χ3v) is 3.83. The number of sulfonamides is 1. The number of benzene rings is 1. The first-order chi connectivity index (χ1) is 8.35. The maximum absolute atomic E-state index is 11.8. The number of aromatic hydroxyl groups is 1. The molecule has 102 valence electrons. The Hall–Kier alpha value is -1.27. The van der Waals surface area contributed by atoms with Crippen LogP contribution >= 0.6 is 0 Å². The molecule has 0 aliphatic heterocycles. The Morgan fingerprint density at radius 2 is 2.00 bits per heavy atom. The fourth-order valence-electron chi connectivity index (χ4n) is 1.65. The SMILES string of the molecule is COCCCS(=O)(=O)Nc1cc(C)cc(C)c1O. The average Bonchev–Trinajstić information content (AvgIpc) is 2.25. The van der Waals surface area contributed by atoms with Crippen molar-refractivity contribution in [3.05, 3.63) is 23.3 Å². The number of aryl methyl sites for hydroxylation is 2. The summed E-state index contributed by atoms with van der Waals surface area (Å²) in [5.41, 5.74) is 1.76. The molecule has 0 aromatic heterocycles. The van der Waals surface area contributed by atoms with Gasteiger partial charge in [0.1, 0.15) is 5.75 Å². The summed E-state index contributed by atoms with van der Waals surface area (Å²) in [6.45, 7) is 3.96. The van der Waals surface area contributed by atoms with E-state index in [1.165, 1.54) is 7.11 Å². The summed E-state index contributed by atoms with van der Waals surface area (Å²) in [5, 5.41) is 9.81.